The molecule has 0 aromatic heterocycles. The van der Waals surface area contributed by atoms with E-state index in [1.807, 2.05) is 32.0 Å². The average Bonchev–Trinajstić information content (AvgIpc) is 2.44. The number of hydrogen-bond donors (Lipinski definition) is 2. The summed E-state index contributed by atoms with van der Waals surface area (Å²) in [6.07, 6.45) is 0.884. The highest BCUT2D eigenvalue weighted by atomic mass is 35.5. The lowest BCUT2D eigenvalue weighted by Crippen LogP contribution is -2.28. The summed E-state index contributed by atoms with van der Waals surface area (Å²) in [5.74, 6) is 0.564. The summed E-state index contributed by atoms with van der Waals surface area (Å²) in [4.78, 5) is 11.9. The third-order valence-electron chi connectivity index (χ3n) is 2.88. The van der Waals surface area contributed by atoms with Gasteiger partial charge in [0.15, 0.2) is 0 Å². The van der Waals surface area contributed by atoms with Crippen molar-refractivity contribution < 1.29 is 14.3 Å². The van der Waals surface area contributed by atoms with E-state index < -0.39 is 0 Å². The summed E-state index contributed by atoms with van der Waals surface area (Å²) in [5, 5.41) is 2.85. The Hall–Kier alpha value is -1.30. The van der Waals surface area contributed by atoms with Crippen LogP contribution in [-0.4, -0.2) is 32.3 Å². The van der Waals surface area contributed by atoms with Crippen LogP contribution in [0.2, 0.25) is 0 Å². The van der Waals surface area contributed by atoms with E-state index in [-0.39, 0.29) is 30.8 Å². The van der Waals surface area contributed by atoms with E-state index in [2.05, 4.69) is 5.32 Å². The number of nitrogens with two attached hydrogens (primary N) is 1. The van der Waals surface area contributed by atoms with E-state index in [4.69, 9.17) is 15.2 Å². The van der Waals surface area contributed by atoms with Gasteiger partial charge in [0.1, 0.15) is 5.75 Å². The fraction of sp³-hybridized carbons (Fsp3) is 0.533. The smallest absolute Gasteiger partial charge is 0.227 e. The van der Waals surface area contributed by atoms with E-state index in [0.29, 0.717) is 24.6 Å². The van der Waals surface area contributed by atoms with Crippen LogP contribution in [0.3, 0.4) is 0 Å². The number of hydrogen-bond acceptors (Lipinski definition) is 4. The van der Waals surface area contributed by atoms with Crippen LogP contribution in [0, 0.1) is 6.92 Å². The van der Waals surface area contributed by atoms with Crippen molar-refractivity contribution in [2.75, 3.05) is 25.6 Å². The Morgan fingerprint density at radius 1 is 1.43 bits per heavy atom. The first kappa shape index (κ1) is 19.7. The molecule has 0 aliphatic rings. The fourth-order valence-electron chi connectivity index (χ4n) is 1.74. The van der Waals surface area contributed by atoms with E-state index in [9.17, 15) is 4.79 Å². The van der Waals surface area contributed by atoms with E-state index in [1.54, 1.807) is 7.11 Å². The van der Waals surface area contributed by atoms with Gasteiger partial charge in [0.25, 0.3) is 0 Å². The average molecular weight is 317 g/mol. The second-order valence-electron chi connectivity index (χ2n) is 4.69. The second kappa shape index (κ2) is 10.4. The fourth-order valence-corrected chi connectivity index (χ4v) is 1.74. The molecule has 0 spiro atoms. The van der Waals surface area contributed by atoms with E-state index in [0.717, 1.165) is 12.0 Å². The van der Waals surface area contributed by atoms with Crippen LogP contribution in [0.5, 0.6) is 5.75 Å². The maximum Gasteiger partial charge on any atom is 0.227 e. The molecule has 1 amide bonds. The molecule has 1 aromatic carbocycles. The molecule has 1 rings (SSSR count). The van der Waals surface area contributed by atoms with E-state index in [1.165, 1.54) is 0 Å². The lowest BCUT2D eigenvalue weighted by molar-refractivity contribution is -0.118. The molecular formula is C15H25ClN2O3. The molecule has 0 radical (unpaired) electrons. The minimum Gasteiger partial charge on any atom is -0.491 e. The molecule has 0 saturated carbocycles. The van der Waals surface area contributed by atoms with Crippen LogP contribution >= 0.6 is 12.4 Å². The molecule has 0 heterocycles. The van der Waals surface area contributed by atoms with Gasteiger partial charge >= 0.3 is 0 Å². The monoisotopic (exact) mass is 316 g/mol. The van der Waals surface area contributed by atoms with Gasteiger partial charge < -0.3 is 20.5 Å². The lowest BCUT2D eigenvalue weighted by atomic mass is 10.2. The van der Waals surface area contributed by atoms with Gasteiger partial charge in [-0.3, -0.25) is 4.79 Å². The lowest BCUT2D eigenvalue weighted by Gasteiger charge is -2.15. The van der Waals surface area contributed by atoms with Crippen molar-refractivity contribution in [1.82, 2.24) is 0 Å². The normalized spacial score (nSPS) is 11.4. The summed E-state index contributed by atoms with van der Waals surface area (Å²) in [6, 6.07) is 5.70. The van der Waals surface area contributed by atoms with Crippen molar-refractivity contribution >= 4 is 24.0 Å². The van der Waals surface area contributed by atoms with Gasteiger partial charge in [0.2, 0.25) is 5.91 Å². The van der Waals surface area contributed by atoms with Gasteiger partial charge in [0, 0.05) is 13.7 Å². The Balaban J connectivity index is 0.00000400. The zero-order valence-corrected chi connectivity index (χ0v) is 13.7. The molecule has 3 N–H and O–H groups in total. The standard InChI is InChI=1S/C15H24N2O3.ClH/c1-4-7-20-14-8-11(2)5-6-13(14)17-15(18)9-12(10-16)19-3;/h5-6,8,12H,4,7,9-10,16H2,1-3H3,(H,17,18);1H. The van der Waals surface area contributed by atoms with Gasteiger partial charge in [-0.05, 0) is 31.0 Å². The van der Waals surface area contributed by atoms with E-state index >= 15 is 0 Å². The maximum absolute atomic E-state index is 11.9. The molecule has 0 bridgehead atoms. The third-order valence-corrected chi connectivity index (χ3v) is 2.88. The van der Waals surface area contributed by atoms with Crippen molar-refractivity contribution in [2.24, 2.45) is 5.73 Å². The molecule has 1 unspecified atom stereocenters. The minimum absolute atomic E-state index is 0. The van der Waals surface area contributed by atoms with Crippen LogP contribution in [0.4, 0.5) is 5.69 Å². The van der Waals surface area contributed by atoms with Gasteiger partial charge in [-0.1, -0.05) is 13.0 Å². The second-order valence-corrected chi connectivity index (χ2v) is 4.69. The molecule has 1 atom stereocenters. The minimum atomic E-state index is -0.263. The first-order valence-corrected chi connectivity index (χ1v) is 6.86. The van der Waals surface area contributed by atoms with Gasteiger partial charge in [0.05, 0.1) is 24.8 Å². The number of nitrogens with one attached hydrogen (secondary N) is 1. The number of benzene rings is 1. The predicted molar refractivity (Wildman–Crippen MR) is 87.3 cm³/mol. The molecule has 6 heteroatoms. The molecule has 1 aromatic rings. The Morgan fingerprint density at radius 2 is 2.14 bits per heavy atom. The van der Waals surface area contributed by atoms with Crippen molar-refractivity contribution in [3.05, 3.63) is 23.8 Å². The number of anilines is 1. The summed E-state index contributed by atoms with van der Waals surface area (Å²) >= 11 is 0. The van der Waals surface area contributed by atoms with Crippen LogP contribution in [0.25, 0.3) is 0 Å². The van der Waals surface area contributed by atoms with Crippen LogP contribution < -0.4 is 15.8 Å². The molecule has 120 valence electrons. The number of ether oxygens (including phenoxy) is 2. The van der Waals surface area contributed by atoms with Crippen molar-refractivity contribution in [3.8, 4) is 5.75 Å². The van der Waals surface area contributed by atoms with Gasteiger partial charge in [-0.2, -0.15) is 0 Å². The van der Waals surface area contributed by atoms with Crippen LogP contribution in [0.1, 0.15) is 25.3 Å². The number of halogens is 1. The Kier molecular flexibility index (Phi) is 9.78. The molecular weight excluding hydrogens is 292 g/mol. The van der Waals surface area contributed by atoms with Crippen LogP contribution in [-0.2, 0) is 9.53 Å². The number of carbonyl (C=O) groups is 1. The van der Waals surface area contributed by atoms with Crippen molar-refractivity contribution in [2.45, 2.75) is 32.8 Å². The topological polar surface area (TPSA) is 73.6 Å². The molecule has 21 heavy (non-hydrogen) atoms. The summed E-state index contributed by atoms with van der Waals surface area (Å²) < 4.78 is 10.8. The predicted octanol–water partition coefficient (Wildman–Crippen LogP) is 2.51. The Labute approximate surface area is 132 Å². The van der Waals surface area contributed by atoms with Crippen LogP contribution in [0.15, 0.2) is 18.2 Å². The van der Waals surface area contributed by atoms with Crippen molar-refractivity contribution in [3.63, 3.8) is 0 Å². The SMILES string of the molecule is CCCOc1cc(C)ccc1NC(=O)CC(CN)OC.Cl. The largest absolute Gasteiger partial charge is 0.491 e. The number of amides is 1. The number of aryl methyl sites for hydroxylation is 1. The first-order chi connectivity index (χ1) is 9.60. The highest BCUT2D eigenvalue weighted by Crippen LogP contribution is 2.26. The zero-order chi connectivity index (χ0) is 15.0. The number of rotatable bonds is 8. The summed E-state index contributed by atoms with van der Waals surface area (Å²) in [5.41, 5.74) is 7.28. The summed E-state index contributed by atoms with van der Waals surface area (Å²) in [7, 11) is 1.55. The quantitative estimate of drug-likeness (QED) is 0.773. The maximum atomic E-state index is 11.9. The molecule has 0 aliphatic carbocycles. The molecule has 5 nitrogen and oxygen atoms in total. The third kappa shape index (κ3) is 6.80. The molecule has 0 saturated heterocycles. The number of methoxy groups -OCH3 is 1. The first-order valence-electron chi connectivity index (χ1n) is 6.86. The molecule has 0 fully saturated rings. The highest BCUT2D eigenvalue weighted by molar-refractivity contribution is 5.92. The zero-order valence-electron chi connectivity index (χ0n) is 12.8. The summed E-state index contributed by atoms with van der Waals surface area (Å²) in [6.45, 7) is 4.96. The highest BCUT2D eigenvalue weighted by Gasteiger charge is 2.13. The molecule has 0 aliphatic heterocycles. The Morgan fingerprint density at radius 3 is 2.71 bits per heavy atom. The van der Waals surface area contributed by atoms with Gasteiger partial charge in [-0.15, -0.1) is 12.4 Å². The van der Waals surface area contributed by atoms with Crippen molar-refractivity contribution in [1.29, 1.82) is 0 Å². The number of carbonyl (C=O) groups excluding carboxylic acids is 1. The Bertz CT molecular complexity index is 437. The van der Waals surface area contributed by atoms with Gasteiger partial charge in [-0.25, -0.2) is 0 Å².